The third-order valence-electron chi connectivity index (χ3n) is 5.98. The van der Waals surface area contributed by atoms with E-state index in [1.54, 1.807) is 23.2 Å². The maximum Gasteiger partial charge on any atom is 0.260 e. The molecule has 29 heavy (non-hydrogen) atoms. The fourth-order valence-corrected chi connectivity index (χ4v) is 4.57. The van der Waals surface area contributed by atoms with Crippen LogP contribution in [0.5, 0.6) is 5.88 Å². The van der Waals surface area contributed by atoms with E-state index in [0.717, 1.165) is 24.1 Å². The van der Waals surface area contributed by atoms with E-state index in [1.807, 2.05) is 43.0 Å². The Bertz CT molecular complexity index is 912. The van der Waals surface area contributed by atoms with Crippen molar-refractivity contribution in [1.82, 2.24) is 9.88 Å². The topological polar surface area (TPSA) is 62.7 Å². The van der Waals surface area contributed by atoms with Crippen molar-refractivity contribution in [1.29, 1.82) is 0 Å². The zero-order chi connectivity index (χ0) is 20.4. The van der Waals surface area contributed by atoms with Gasteiger partial charge in [0.1, 0.15) is 11.1 Å². The van der Waals surface area contributed by atoms with Crippen molar-refractivity contribution in [3.05, 3.63) is 53.7 Å². The summed E-state index contributed by atoms with van der Waals surface area (Å²) in [5, 5.41) is 0. The third-order valence-corrected chi connectivity index (χ3v) is 5.98. The van der Waals surface area contributed by atoms with Crippen LogP contribution >= 0.6 is 0 Å². The molecule has 2 aliphatic rings. The van der Waals surface area contributed by atoms with Crippen molar-refractivity contribution in [2.45, 2.75) is 45.1 Å². The number of anilines is 1. The lowest BCUT2D eigenvalue weighted by molar-refractivity contribution is -0.130. The van der Waals surface area contributed by atoms with Crippen LogP contribution in [-0.4, -0.2) is 46.9 Å². The molecule has 0 bridgehead atoms. The Balaban J connectivity index is 1.66. The van der Waals surface area contributed by atoms with E-state index in [-0.39, 0.29) is 11.8 Å². The lowest BCUT2D eigenvalue weighted by atomic mass is 9.84. The van der Waals surface area contributed by atoms with E-state index >= 15 is 0 Å². The molecular formula is C23H27N3O3. The SMILES string of the molecule is CCOc1ncccc1C(=O)N1CCCC12CCCN(c1ccc(C)cc1)C2=O. The predicted molar refractivity (Wildman–Crippen MR) is 111 cm³/mol. The van der Waals surface area contributed by atoms with Gasteiger partial charge in [0.2, 0.25) is 5.88 Å². The molecule has 152 valence electrons. The maximum absolute atomic E-state index is 13.7. The zero-order valence-electron chi connectivity index (χ0n) is 17.1. The van der Waals surface area contributed by atoms with Crippen LogP contribution in [0.1, 0.15) is 48.5 Å². The molecule has 2 amide bonds. The molecule has 2 aromatic rings. The molecule has 2 aliphatic heterocycles. The van der Waals surface area contributed by atoms with Gasteiger partial charge >= 0.3 is 0 Å². The molecule has 2 saturated heterocycles. The van der Waals surface area contributed by atoms with E-state index < -0.39 is 5.54 Å². The summed E-state index contributed by atoms with van der Waals surface area (Å²) in [4.78, 5) is 35.0. The van der Waals surface area contributed by atoms with Crippen molar-refractivity contribution < 1.29 is 14.3 Å². The Hall–Kier alpha value is -2.89. The van der Waals surface area contributed by atoms with Gasteiger partial charge in [-0.05, 0) is 63.8 Å². The standard InChI is InChI=1S/C23H27N3O3/c1-3-29-20-19(7-4-14-24-20)21(27)26-16-6-13-23(26)12-5-15-25(22(23)28)18-10-8-17(2)9-11-18/h4,7-11,14H,3,5-6,12-13,15-16H2,1-2H3. The average molecular weight is 393 g/mol. The second kappa shape index (κ2) is 7.85. The molecule has 1 aromatic carbocycles. The van der Waals surface area contributed by atoms with Crippen LogP contribution in [0.25, 0.3) is 0 Å². The number of hydrogen-bond donors (Lipinski definition) is 0. The lowest BCUT2D eigenvalue weighted by Gasteiger charge is -2.44. The first-order valence-electron chi connectivity index (χ1n) is 10.4. The molecular weight excluding hydrogens is 366 g/mol. The molecule has 1 atom stereocenters. The van der Waals surface area contributed by atoms with Gasteiger partial charge in [0.15, 0.2) is 0 Å². The summed E-state index contributed by atoms with van der Waals surface area (Å²) in [5.74, 6) is 0.194. The third kappa shape index (κ3) is 3.37. The molecule has 1 aromatic heterocycles. The number of piperidine rings is 1. The van der Waals surface area contributed by atoms with Crippen LogP contribution in [0.15, 0.2) is 42.6 Å². The summed E-state index contributed by atoms with van der Waals surface area (Å²) in [6.07, 6.45) is 4.71. The first-order chi connectivity index (χ1) is 14.1. The van der Waals surface area contributed by atoms with Crippen LogP contribution in [0.2, 0.25) is 0 Å². The van der Waals surface area contributed by atoms with E-state index in [2.05, 4.69) is 4.98 Å². The fraction of sp³-hybridized carbons (Fsp3) is 0.435. The summed E-state index contributed by atoms with van der Waals surface area (Å²) in [7, 11) is 0. The largest absolute Gasteiger partial charge is 0.477 e. The molecule has 2 fully saturated rings. The number of nitrogens with zero attached hydrogens (tertiary/aromatic N) is 3. The van der Waals surface area contributed by atoms with Crippen LogP contribution in [0, 0.1) is 6.92 Å². The van der Waals surface area contributed by atoms with Gasteiger partial charge in [-0.1, -0.05) is 17.7 Å². The second-order valence-corrected chi connectivity index (χ2v) is 7.78. The lowest BCUT2D eigenvalue weighted by Crippen LogP contribution is -2.61. The molecule has 0 saturated carbocycles. The van der Waals surface area contributed by atoms with E-state index in [9.17, 15) is 9.59 Å². The smallest absolute Gasteiger partial charge is 0.260 e. The molecule has 1 spiro atoms. The number of amides is 2. The highest BCUT2D eigenvalue weighted by molar-refractivity contribution is 6.06. The highest BCUT2D eigenvalue weighted by Gasteiger charge is 2.53. The van der Waals surface area contributed by atoms with Gasteiger partial charge in [0.25, 0.3) is 11.8 Å². The molecule has 0 radical (unpaired) electrons. The number of carbonyl (C=O) groups is 2. The first-order valence-corrected chi connectivity index (χ1v) is 10.4. The Morgan fingerprint density at radius 3 is 2.59 bits per heavy atom. The number of aryl methyl sites for hydroxylation is 1. The maximum atomic E-state index is 13.7. The predicted octanol–water partition coefficient (Wildman–Crippen LogP) is 3.59. The van der Waals surface area contributed by atoms with E-state index in [0.29, 0.717) is 44.0 Å². The Labute approximate surface area is 171 Å². The number of benzene rings is 1. The van der Waals surface area contributed by atoms with Crippen LogP contribution < -0.4 is 9.64 Å². The van der Waals surface area contributed by atoms with Crippen molar-refractivity contribution in [2.75, 3.05) is 24.6 Å². The first kappa shape index (κ1) is 19.4. The minimum absolute atomic E-state index is 0.0281. The van der Waals surface area contributed by atoms with Crippen molar-refractivity contribution in [3.63, 3.8) is 0 Å². The Morgan fingerprint density at radius 1 is 1.14 bits per heavy atom. The Kier molecular flexibility index (Phi) is 5.26. The molecule has 1 unspecified atom stereocenters. The summed E-state index contributed by atoms with van der Waals surface area (Å²) in [6.45, 7) is 5.59. The summed E-state index contributed by atoms with van der Waals surface area (Å²) >= 11 is 0. The van der Waals surface area contributed by atoms with E-state index in [1.165, 1.54) is 0 Å². The molecule has 3 heterocycles. The molecule has 0 aliphatic carbocycles. The van der Waals surface area contributed by atoms with Gasteiger partial charge in [0.05, 0.1) is 6.61 Å². The highest BCUT2D eigenvalue weighted by Crippen LogP contribution is 2.41. The van der Waals surface area contributed by atoms with Crippen molar-refractivity contribution >= 4 is 17.5 Å². The number of ether oxygens (including phenoxy) is 1. The Morgan fingerprint density at radius 2 is 1.86 bits per heavy atom. The molecule has 6 heteroatoms. The quantitative estimate of drug-likeness (QED) is 0.796. The van der Waals surface area contributed by atoms with Gasteiger partial charge in [-0.25, -0.2) is 4.98 Å². The van der Waals surface area contributed by atoms with Crippen LogP contribution in [0.3, 0.4) is 0 Å². The minimum atomic E-state index is -0.778. The second-order valence-electron chi connectivity index (χ2n) is 7.78. The number of rotatable bonds is 4. The number of aromatic nitrogens is 1. The number of carbonyl (C=O) groups excluding carboxylic acids is 2. The van der Waals surface area contributed by atoms with Crippen molar-refractivity contribution in [2.24, 2.45) is 0 Å². The summed E-state index contributed by atoms with van der Waals surface area (Å²) in [6, 6.07) is 11.5. The minimum Gasteiger partial charge on any atom is -0.477 e. The molecule has 6 nitrogen and oxygen atoms in total. The summed E-state index contributed by atoms with van der Waals surface area (Å²) in [5.41, 5.74) is 1.70. The van der Waals surface area contributed by atoms with Gasteiger partial charge in [-0.3, -0.25) is 9.59 Å². The molecule has 0 N–H and O–H groups in total. The zero-order valence-corrected chi connectivity index (χ0v) is 17.1. The number of hydrogen-bond acceptors (Lipinski definition) is 4. The van der Waals surface area contributed by atoms with Gasteiger partial charge in [0, 0.05) is 25.0 Å². The summed E-state index contributed by atoms with van der Waals surface area (Å²) < 4.78 is 5.57. The monoisotopic (exact) mass is 393 g/mol. The van der Waals surface area contributed by atoms with Gasteiger partial charge < -0.3 is 14.5 Å². The number of pyridine rings is 1. The van der Waals surface area contributed by atoms with E-state index in [4.69, 9.17) is 4.74 Å². The highest BCUT2D eigenvalue weighted by atomic mass is 16.5. The van der Waals surface area contributed by atoms with Gasteiger partial charge in [-0.2, -0.15) is 0 Å². The number of likely N-dealkylation sites (tertiary alicyclic amines) is 1. The van der Waals surface area contributed by atoms with Crippen LogP contribution in [0.4, 0.5) is 5.69 Å². The normalized spacial score (nSPS) is 21.7. The van der Waals surface area contributed by atoms with Crippen molar-refractivity contribution in [3.8, 4) is 5.88 Å². The van der Waals surface area contributed by atoms with Gasteiger partial charge in [-0.15, -0.1) is 0 Å². The molecule has 4 rings (SSSR count). The fourth-order valence-electron chi connectivity index (χ4n) is 4.57. The average Bonchev–Trinajstić information content (AvgIpc) is 3.15. The van der Waals surface area contributed by atoms with Crippen LogP contribution in [-0.2, 0) is 4.79 Å².